The normalized spacial score (nSPS) is 17.6. The van der Waals surface area contributed by atoms with Crippen LogP contribution in [0.1, 0.15) is 28.1 Å². The van der Waals surface area contributed by atoms with Gasteiger partial charge in [0.05, 0.1) is 23.3 Å². The number of nitrogens with one attached hydrogen (secondary N) is 3. The maximum absolute atomic E-state index is 13.2. The summed E-state index contributed by atoms with van der Waals surface area (Å²) < 4.78 is 1.80. The second kappa shape index (κ2) is 8.54. The van der Waals surface area contributed by atoms with E-state index in [9.17, 15) is 9.59 Å². The Morgan fingerprint density at radius 3 is 2.91 bits per heavy atom. The zero-order chi connectivity index (χ0) is 23.1. The van der Waals surface area contributed by atoms with Crippen LogP contribution in [0.5, 0.6) is 0 Å². The van der Waals surface area contributed by atoms with Crippen molar-refractivity contribution < 1.29 is 9.59 Å². The van der Waals surface area contributed by atoms with Crippen LogP contribution in [-0.2, 0) is 6.54 Å². The first-order valence-corrected chi connectivity index (χ1v) is 12.1. The zero-order valence-electron chi connectivity index (χ0n) is 18.3. The Balaban J connectivity index is 1.33. The fourth-order valence-electron chi connectivity index (χ4n) is 4.53. The number of pyridine rings is 1. The third-order valence-electron chi connectivity index (χ3n) is 6.13. The van der Waals surface area contributed by atoms with Crippen LogP contribution in [0.15, 0.2) is 54.9 Å². The number of hydrogen-bond acceptors (Lipinski definition) is 6. The Morgan fingerprint density at radius 1 is 1.21 bits per heavy atom. The van der Waals surface area contributed by atoms with Crippen LogP contribution < -0.4 is 20.9 Å². The van der Waals surface area contributed by atoms with Gasteiger partial charge < -0.3 is 16.0 Å². The minimum Gasteiger partial charge on any atom is -0.347 e. The predicted molar refractivity (Wildman–Crippen MR) is 132 cm³/mol. The molecular formula is C24H23N7O2S. The lowest BCUT2D eigenvalue weighted by molar-refractivity contribution is 0.0935. The Bertz CT molecular complexity index is 1370. The van der Waals surface area contributed by atoms with E-state index in [2.05, 4.69) is 26.0 Å². The van der Waals surface area contributed by atoms with E-state index in [1.807, 2.05) is 42.6 Å². The number of rotatable bonds is 5. The standard InChI is InChI=1S/C24H23N7O2S/c32-22(27-16-7-4-10-25-13-16)21-20-19-17(8-11-26-23(19)34-21)31(24(33)28-20)18-9-12-30(29-18)14-15-5-2-1-3-6-15/h1-3,5-6,8-9,11-12,16,25H,4,7,10,13-14H2,(H,27,32)(H,28,33)/t16-/m1/s1. The number of carbonyl (C=O) groups is 2. The largest absolute Gasteiger partial charge is 0.347 e. The molecule has 0 spiro atoms. The van der Waals surface area contributed by atoms with Gasteiger partial charge in [0.2, 0.25) is 0 Å². The van der Waals surface area contributed by atoms with Gasteiger partial charge in [-0.15, -0.1) is 11.3 Å². The van der Waals surface area contributed by atoms with Crippen molar-refractivity contribution in [2.24, 2.45) is 0 Å². The minimum absolute atomic E-state index is 0.0791. The molecule has 0 radical (unpaired) electrons. The molecule has 0 bridgehead atoms. The summed E-state index contributed by atoms with van der Waals surface area (Å²) in [5, 5.41) is 14.7. The van der Waals surface area contributed by atoms with Crippen molar-refractivity contribution in [2.45, 2.75) is 25.4 Å². The summed E-state index contributed by atoms with van der Waals surface area (Å²) in [5.74, 6) is 0.329. The number of thiophene rings is 1. The van der Waals surface area contributed by atoms with E-state index < -0.39 is 0 Å². The van der Waals surface area contributed by atoms with Crippen molar-refractivity contribution in [3.05, 3.63) is 65.3 Å². The maximum atomic E-state index is 13.2. The molecule has 3 N–H and O–H groups in total. The molecule has 34 heavy (non-hydrogen) atoms. The van der Waals surface area contributed by atoms with Gasteiger partial charge in [0, 0.05) is 31.0 Å². The van der Waals surface area contributed by atoms with Crippen LogP contribution in [0, 0.1) is 0 Å². The van der Waals surface area contributed by atoms with Crippen molar-refractivity contribution in [1.82, 2.24) is 25.4 Å². The molecule has 6 rings (SSSR count). The molecule has 2 aliphatic rings. The molecule has 5 heterocycles. The van der Waals surface area contributed by atoms with Gasteiger partial charge >= 0.3 is 6.03 Å². The third-order valence-corrected chi connectivity index (χ3v) is 7.22. The van der Waals surface area contributed by atoms with E-state index in [-0.39, 0.29) is 18.0 Å². The van der Waals surface area contributed by atoms with E-state index in [0.29, 0.717) is 33.4 Å². The van der Waals surface area contributed by atoms with Crippen molar-refractivity contribution in [2.75, 3.05) is 23.3 Å². The van der Waals surface area contributed by atoms with Crippen LogP contribution in [0.3, 0.4) is 0 Å². The highest BCUT2D eigenvalue weighted by atomic mass is 32.1. The molecule has 0 unspecified atom stereocenters. The minimum atomic E-state index is -0.350. The molecule has 0 saturated carbocycles. The summed E-state index contributed by atoms with van der Waals surface area (Å²) >= 11 is 1.30. The van der Waals surface area contributed by atoms with Gasteiger partial charge in [-0.25, -0.2) is 14.7 Å². The van der Waals surface area contributed by atoms with Gasteiger partial charge in [-0.05, 0) is 31.0 Å². The fourth-order valence-corrected chi connectivity index (χ4v) is 5.55. The average Bonchev–Trinajstić information content (AvgIpc) is 3.46. The second-order valence-corrected chi connectivity index (χ2v) is 9.45. The molecule has 1 saturated heterocycles. The average molecular weight is 474 g/mol. The summed E-state index contributed by atoms with van der Waals surface area (Å²) in [4.78, 5) is 33.5. The van der Waals surface area contributed by atoms with E-state index in [0.717, 1.165) is 36.9 Å². The first-order chi connectivity index (χ1) is 16.7. The van der Waals surface area contributed by atoms with Crippen LogP contribution >= 0.6 is 11.3 Å². The van der Waals surface area contributed by atoms with Gasteiger partial charge in [-0.3, -0.25) is 9.48 Å². The molecule has 0 aliphatic carbocycles. The van der Waals surface area contributed by atoms with E-state index in [4.69, 9.17) is 0 Å². The third kappa shape index (κ3) is 3.70. The quantitative estimate of drug-likeness (QED) is 0.410. The summed E-state index contributed by atoms with van der Waals surface area (Å²) in [6.45, 7) is 2.33. The van der Waals surface area contributed by atoms with Gasteiger partial charge in [0.25, 0.3) is 5.91 Å². The Labute approximate surface area is 199 Å². The molecule has 1 fully saturated rings. The molecule has 172 valence electrons. The smallest absolute Gasteiger partial charge is 0.332 e. The summed E-state index contributed by atoms with van der Waals surface area (Å²) in [5.41, 5.74) is 2.31. The number of amides is 3. The molecule has 2 aliphatic heterocycles. The highest BCUT2D eigenvalue weighted by Gasteiger charge is 2.34. The highest BCUT2D eigenvalue weighted by Crippen LogP contribution is 2.45. The number of piperidine rings is 1. The maximum Gasteiger partial charge on any atom is 0.332 e. The van der Waals surface area contributed by atoms with Gasteiger partial charge in [0.15, 0.2) is 5.82 Å². The van der Waals surface area contributed by atoms with Crippen molar-refractivity contribution in [3.8, 4) is 0 Å². The Hall–Kier alpha value is -3.76. The topological polar surface area (TPSA) is 104 Å². The van der Waals surface area contributed by atoms with Crippen molar-refractivity contribution >= 4 is 50.7 Å². The Morgan fingerprint density at radius 2 is 2.09 bits per heavy atom. The van der Waals surface area contributed by atoms with Crippen LogP contribution in [0.25, 0.3) is 10.2 Å². The molecule has 3 amide bonds. The number of benzene rings is 1. The summed E-state index contributed by atoms with van der Waals surface area (Å²) in [6.07, 6.45) is 5.48. The van der Waals surface area contributed by atoms with Gasteiger partial charge in [0.1, 0.15) is 9.71 Å². The second-order valence-electron chi connectivity index (χ2n) is 8.46. The fraction of sp³-hybridized carbons (Fsp3) is 0.250. The van der Waals surface area contributed by atoms with Gasteiger partial charge in [-0.2, -0.15) is 5.10 Å². The van der Waals surface area contributed by atoms with E-state index >= 15 is 0 Å². The number of nitrogens with zero attached hydrogens (tertiary/aromatic N) is 4. The first-order valence-electron chi connectivity index (χ1n) is 11.3. The monoisotopic (exact) mass is 473 g/mol. The molecule has 10 heteroatoms. The first kappa shape index (κ1) is 20.8. The molecule has 1 aromatic carbocycles. The summed E-state index contributed by atoms with van der Waals surface area (Å²) in [6, 6.07) is 13.4. The van der Waals surface area contributed by atoms with Crippen LogP contribution in [0.2, 0.25) is 0 Å². The SMILES string of the molecule is O=C(N[C@@H]1CCCNC1)c1sc2nccc3c2c1NC(=O)N3c1ccn(Cc2ccccc2)n1. The van der Waals surface area contributed by atoms with E-state index in [1.165, 1.54) is 16.2 Å². The van der Waals surface area contributed by atoms with E-state index in [1.54, 1.807) is 16.9 Å². The van der Waals surface area contributed by atoms with Gasteiger partial charge in [-0.1, -0.05) is 30.3 Å². The van der Waals surface area contributed by atoms with Crippen molar-refractivity contribution in [1.29, 1.82) is 0 Å². The molecule has 1 atom stereocenters. The number of anilines is 3. The lowest BCUT2D eigenvalue weighted by atomic mass is 10.1. The van der Waals surface area contributed by atoms with Crippen LogP contribution in [0.4, 0.5) is 22.0 Å². The van der Waals surface area contributed by atoms with Crippen molar-refractivity contribution in [3.63, 3.8) is 0 Å². The number of carbonyl (C=O) groups excluding carboxylic acids is 2. The summed E-state index contributed by atoms with van der Waals surface area (Å²) in [7, 11) is 0. The number of aromatic nitrogens is 3. The highest BCUT2D eigenvalue weighted by molar-refractivity contribution is 7.21. The zero-order valence-corrected chi connectivity index (χ0v) is 19.1. The number of hydrogen-bond donors (Lipinski definition) is 3. The van der Waals surface area contributed by atoms with Crippen LogP contribution in [-0.4, -0.2) is 45.8 Å². The molecule has 4 aromatic rings. The number of urea groups is 1. The Kier molecular flexibility index (Phi) is 5.23. The lowest BCUT2D eigenvalue weighted by Crippen LogP contribution is -2.45. The lowest BCUT2D eigenvalue weighted by Gasteiger charge is -2.27. The molecule has 9 nitrogen and oxygen atoms in total. The predicted octanol–water partition coefficient (Wildman–Crippen LogP) is 3.71. The molecular weight excluding hydrogens is 450 g/mol. The molecule has 3 aromatic heterocycles.